The molecule has 1 atom stereocenters. The Bertz CT molecular complexity index is 379. The Kier molecular flexibility index (Phi) is 18.5. The summed E-state index contributed by atoms with van der Waals surface area (Å²) in [6.07, 6.45) is 33.5. The van der Waals surface area contributed by atoms with Gasteiger partial charge in [0.1, 0.15) is 6.17 Å². The molecule has 0 aromatic rings. The van der Waals surface area contributed by atoms with Crippen molar-refractivity contribution in [1.29, 1.82) is 0 Å². The number of hydrogen-bond acceptors (Lipinski definition) is 2. The maximum atomic E-state index is 2.68. The highest BCUT2D eigenvalue weighted by Crippen LogP contribution is 2.23. The molecule has 0 bridgehead atoms. The third-order valence-corrected chi connectivity index (χ3v) is 6.82. The second kappa shape index (κ2) is 20.3. The zero-order valence-electron chi connectivity index (χ0n) is 21.2. The van der Waals surface area contributed by atoms with Crippen LogP contribution in [0.4, 0.5) is 0 Å². The second-order valence-electron chi connectivity index (χ2n) is 9.70. The SMILES string of the molecule is CCCCCCCCCN1C=CN(CCCCCCCC)C1CCCCCCCC. The van der Waals surface area contributed by atoms with Crippen LogP contribution < -0.4 is 0 Å². The standard InChI is InChI=1S/C28H56N2/c1-4-7-10-13-16-19-22-25-30-27-26-29(24-21-18-15-12-9-6-3)28(30)23-20-17-14-11-8-5-2/h26-28H,4-25H2,1-3H3. The van der Waals surface area contributed by atoms with E-state index >= 15 is 0 Å². The van der Waals surface area contributed by atoms with Crippen molar-refractivity contribution in [3.63, 3.8) is 0 Å². The number of hydrogen-bond donors (Lipinski definition) is 0. The third kappa shape index (κ3) is 13.6. The first-order chi connectivity index (χ1) is 14.8. The van der Waals surface area contributed by atoms with Gasteiger partial charge >= 0.3 is 0 Å². The van der Waals surface area contributed by atoms with Crippen molar-refractivity contribution in [3.05, 3.63) is 12.4 Å². The minimum atomic E-state index is 0.645. The summed E-state index contributed by atoms with van der Waals surface area (Å²) in [4.78, 5) is 5.35. The van der Waals surface area contributed by atoms with Crippen LogP contribution in [0.3, 0.4) is 0 Å². The number of unbranched alkanes of at least 4 members (excludes halogenated alkanes) is 16. The van der Waals surface area contributed by atoms with E-state index in [0.717, 1.165) is 0 Å². The van der Waals surface area contributed by atoms with Crippen molar-refractivity contribution in [1.82, 2.24) is 9.80 Å². The van der Waals surface area contributed by atoms with E-state index in [1.54, 1.807) is 0 Å². The van der Waals surface area contributed by atoms with Gasteiger partial charge in [-0.1, -0.05) is 124 Å². The van der Waals surface area contributed by atoms with E-state index in [1.165, 1.54) is 142 Å². The molecule has 1 unspecified atom stereocenters. The summed E-state index contributed by atoms with van der Waals surface area (Å²) < 4.78 is 0. The van der Waals surface area contributed by atoms with Crippen LogP contribution in [0.1, 0.15) is 149 Å². The molecule has 0 aromatic carbocycles. The Morgan fingerprint density at radius 3 is 1.17 bits per heavy atom. The molecular formula is C28H56N2. The average molecular weight is 421 g/mol. The fourth-order valence-corrected chi connectivity index (χ4v) is 4.77. The molecule has 0 fully saturated rings. The van der Waals surface area contributed by atoms with E-state index < -0.39 is 0 Å². The van der Waals surface area contributed by atoms with Gasteiger partial charge in [0.25, 0.3) is 0 Å². The van der Waals surface area contributed by atoms with E-state index in [2.05, 4.69) is 43.0 Å². The van der Waals surface area contributed by atoms with Crippen LogP contribution in [0.5, 0.6) is 0 Å². The molecule has 0 amide bonds. The molecule has 0 aromatic heterocycles. The summed E-state index contributed by atoms with van der Waals surface area (Å²) in [6.45, 7) is 9.45. The average Bonchev–Trinajstić information content (AvgIpc) is 3.14. The molecule has 2 nitrogen and oxygen atoms in total. The Balaban J connectivity index is 2.30. The quantitative estimate of drug-likeness (QED) is 0.161. The lowest BCUT2D eigenvalue weighted by molar-refractivity contribution is 0.135. The van der Waals surface area contributed by atoms with E-state index in [1.807, 2.05) is 0 Å². The molecule has 0 aliphatic carbocycles. The van der Waals surface area contributed by atoms with Crippen LogP contribution in [0.15, 0.2) is 12.4 Å². The monoisotopic (exact) mass is 420 g/mol. The van der Waals surface area contributed by atoms with Crippen molar-refractivity contribution in [3.8, 4) is 0 Å². The normalized spacial score (nSPS) is 16.2. The first-order valence-electron chi connectivity index (χ1n) is 14.0. The first kappa shape index (κ1) is 27.4. The molecule has 1 rings (SSSR count). The summed E-state index contributed by atoms with van der Waals surface area (Å²) >= 11 is 0. The lowest BCUT2D eigenvalue weighted by Gasteiger charge is -2.33. The van der Waals surface area contributed by atoms with Crippen LogP contribution in [-0.2, 0) is 0 Å². The molecule has 0 radical (unpaired) electrons. The van der Waals surface area contributed by atoms with E-state index in [0.29, 0.717) is 6.17 Å². The molecule has 178 valence electrons. The second-order valence-corrected chi connectivity index (χ2v) is 9.70. The van der Waals surface area contributed by atoms with Crippen LogP contribution in [0.25, 0.3) is 0 Å². The highest BCUT2D eigenvalue weighted by molar-refractivity contribution is 4.97. The molecule has 1 heterocycles. The van der Waals surface area contributed by atoms with Crippen LogP contribution >= 0.6 is 0 Å². The smallest absolute Gasteiger partial charge is 0.101 e. The lowest BCUT2D eigenvalue weighted by Crippen LogP contribution is -2.39. The van der Waals surface area contributed by atoms with E-state index in [-0.39, 0.29) is 0 Å². The van der Waals surface area contributed by atoms with Crippen molar-refractivity contribution >= 4 is 0 Å². The van der Waals surface area contributed by atoms with Gasteiger partial charge in [-0.25, -0.2) is 0 Å². The summed E-state index contributed by atoms with van der Waals surface area (Å²) in [7, 11) is 0. The molecule has 0 saturated carbocycles. The Hall–Kier alpha value is -0.660. The summed E-state index contributed by atoms with van der Waals surface area (Å²) in [6, 6.07) is 0. The molecule has 0 saturated heterocycles. The Labute approximate surface area is 190 Å². The summed E-state index contributed by atoms with van der Waals surface area (Å²) in [5.41, 5.74) is 0. The van der Waals surface area contributed by atoms with Gasteiger partial charge in [-0.2, -0.15) is 0 Å². The fraction of sp³-hybridized carbons (Fsp3) is 0.929. The zero-order chi connectivity index (χ0) is 21.7. The van der Waals surface area contributed by atoms with Gasteiger partial charge in [0.05, 0.1) is 0 Å². The van der Waals surface area contributed by atoms with Gasteiger partial charge in [0.2, 0.25) is 0 Å². The molecule has 2 heteroatoms. The zero-order valence-corrected chi connectivity index (χ0v) is 21.2. The predicted octanol–water partition coefficient (Wildman–Crippen LogP) is 9.26. The van der Waals surface area contributed by atoms with Crippen LogP contribution in [0.2, 0.25) is 0 Å². The van der Waals surface area contributed by atoms with Crippen molar-refractivity contribution < 1.29 is 0 Å². The largest absolute Gasteiger partial charge is 0.356 e. The van der Waals surface area contributed by atoms with Crippen molar-refractivity contribution in [2.45, 2.75) is 155 Å². The lowest BCUT2D eigenvalue weighted by atomic mass is 10.1. The van der Waals surface area contributed by atoms with Gasteiger partial charge < -0.3 is 9.80 Å². The van der Waals surface area contributed by atoms with Gasteiger partial charge in [0, 0.05) is 25.5 Å². The molecule has 1 aliphatic heterocycles. The number of nitrogens with zero attached hydrogens (tertiary/aromatic N) is 2. The van der Waals surface area contributed by atoms with E-state index in [4.69, 9.17) is 0 Å². The van der Waals surface area contributed by atoms with Gasteiger partial charge in [0.15, 0.2) is 0 Å². The first-order valence-corrected chi connectivity index (χ1v) is 14.0. The summed E-state index contributed by atoms with van der Waals surface area (Å²) in [5.74, 6) is 0. The van der Waals surface area contributed by atoms with Crippen LogP contribution in [-0.4, -0.2) is 29.1 Å². The number of rotatable bonds is 22. The maximum Gasteiger partial charge on any atom is 0.101 e. The molecule has 30 heavy (non-hydrogen) atoms. The van der Waals surface area contributed by atoms with Crippen molar-refractivity contribution in [2.75, 3.05) is 13.1 Å². The van der Waals surface area contributed by atoms with Gasteiger partial charge in [-0.05, 0) is 25.7 Å². The molecule has 0 N–H and O–H groups in total. The summed E-state index contributed by atoms with van der Waals surface area (Å²) in [5, 5.41) is 0. The van der Waals surface area contributed by atoms with Crippen LogP contribution in [0, 0.1) is 0 Å². The highest BCUT2D eigenvalue weighted by atomic mass is 15.4. The van der Waals surface area contributed by atoms with Crippen molar-refractivity contribution in [2.24, 2.45) is 0 Å². The maximum absolute atomic E-state index is 2.68. The topological polar surface area (TPSA) is 6.48 Å². The minimum Gasteiger partial charge on any atom is -0.356 e. The molecule has 0 spiro atoms. The minimum absolute atomic E-state index is 0.645. The highest BCUT2D eigenvalue weighted by Gasteiger charge is 2.24. The molecule has 1 aliphatic rings. The van der Waals surface area contributed by atoms with E-state index in [9.17, 15) is 0 Å². The fourth-order valence-electron chi connectivity index (χ4n) is 4.77. The Morgan fingerprint density at radius 2 is 0.767 bits per heavy atom. The van der Waals surface area contributed by atoms with Gasteiger partial charge in [-0.15, -0.1) is 0 Å². The third-order valence-electron chi connectivity index (χ3n) is 6.82. The molecular weight excluding hydrogens is 364 g/mol. The predicted molar refractivity (Wildman–Crippen MR) is 136 cm³/mol. The Morgan fingerprint density at radius 1 is 0.433 bits per heavy atom. The van der Waals surface area contributed by atoms with Gasteiger partial charge in [-0.3, -0.25) is 0 Å².